The second kappa shape index (κ2) is 4.89. The van der Waals surface area contributed by atoms with Crippen molar-refractivity contribution in [1.29, 1.82) is 0 Å². The molecule has 1 heterocycles. The first-order chi connectivity index (χ1) is 9.77. The fourth-order valence-corrected chi connectivity index (χ4v) is 2.77. The number of allylic oxidation sites excluding steroid dienone is 2. The molecule has 0 unspecified atom stereocenters. The molecule has 2 aromatic rings. The minimum absolute atomic E-state index is 0.868. The standard InChI is InChI=1S/C18H17NO/c1-4-13-14-9-5-7-11-16(14)19(2)17-12-8-6-10-15(17)18(13)20-3/h4-12H,1H2,2-3H3. The fraction of sp³-hybridized carbons (Fsp3) is 0.111. The van der Waals surface area contributed by atoms with E-state index >= 15 is 0 Å². The van der Waals surface area contributed by atoms with Gasteiger partial charge in [0.15, 0.2) is 0 Å². The van der Waals surface area contributed by atoms with Crippen molar-refractivity contribution >= 4 is 22.7 Å². The van der Waals surface area contributed by atoms with Gasteiger partial charge in [0.2, 0.25) is 0 Å². The normalized spacial score (nSPS) is 13.4. The lowest BCUT2D eigenvalue weighted by Crippen LogP contribution is -2.11. The molecule has 0 aromatic heterocycles. The third-order valence-corrected chi connectivity index (χ3v) is 3.72. The van der Waals surface area contributed by atoms with E-state index in [1.807, 2.05) is 24.3 Å². The van der Waals surface area contributed by atoms with E-state index < -0.39 is 0 Å². The Kier molecular flexibility index (Phi) is 3.07. The summed E-state index contributed by atoms with van der Waals surface area (Å²) < 4.78 is 5.69. The van der Waals surface area contributed by atoms with Crippen LogP contribution < -0.4 is 4.90 Å². The Morgan fingerprint density at radius 3 is 2.10 bits per heavy atom. The number of nitrogens with zero attached hydrogens (tertiary/aromatic N) is 1. The first-order valence-electron chi connectivity index (χ1n) is 6.61. The van der Waals surface area contributed by atoms with E-state index in [1.54, 1.807) is 7.11 Å². The van der Waals surface area contributed by atoms with Crippen LogP contribution in [0.1, 0.15) is 11.1 Å². The molecule has 0 saturated heterocycles. The van der Waals surface area contributed by atoms with Crippen molar-refractivity contribution in [2.75, 3.05) is 19.1 Å². The lowest BCUT2D eigenvalue weighted by Gasteiger charge is -2.22. The van der Waals surface area contributed by atoms with E-state index in [9.17, 15) is 0 Å². The van der Waals surface area contributed by atoms with Gasteiger partial charge in [-0.1, -0.05) is 43.0 Å². The SMILES string of the molecule is C=CC1=C(OC)c2ccccc2N(C)c2ccccc21. The van der Waals surface area contributed by atoms with Crippen molar-refractivity contribution in [3.05, 3.63) is 72.3 Å². The summed E-state index contributed by atoms with van der Waals surface area (Å²) in [6.45, 7) is 3.96. The Hall–Kier alpha value is -2.48. The Bertz CT molecular complexity index is 700. The topological polar surface area (TPSA) is 12.5 Å². The molecule has 0 spiro atoms. The molecule has 0 fully saturated rings. The van der Waals surface area contributed by atoms with Gasteiger partial charge in [0.05, 0.1) is 12.8 Å². The summed E-state index contributed by atoms with van der Waals surface area (Å²) in [6, 6.07) is 16.6. The molecule has 2 aromatic carbocycles. The zero-order valence-electron chi connectivity index (χ0n) is 11.8. The summed E-state index contributed by atoms with van der Waals surface area (Å²) in [4.78, 5) is 2.19. The van der Waals surface area contributed by atoms with Gasteiger partial charge in [-0.05, 0) is 18.2 Å². The number of hydrogen-bond donors (Lipinski definition) is 0. The number of benzene rings is 2. The molecule has 2 nitrogen and oxygen atoms in total. The van der Waals surface area contributed by atoms with Crippen molar-refractivity contribution in [3.63, 3.8) is 0 Å². The molecule has 1 aliphatic rings. The lowest BCUT2D eigenvalue weighted by atomic mass is 10.0. The molecule has 0 bridgehead atoms. The molecular formula is C18H17NO. The van der Waals surface area contributed by atoms with Gasteiger partial charge >= 0.3 is 0 Å². The van der Waals surface area contributed by atoms with Crippen LogP contribution in [0.4, 0.5) is 11.4 Å². The predicted octanol–water partition coefficient (Wildman–Crippen LogP) is 4.47. The van der Waals surface area contributed by atoms with Crippen LogP contribution in [0.3, 0.4) is 0 Å². The zero-order chi connectivity index (χ0) is 14.1. The van der Waals surface area contributed by atoms with Crippen LogP contribution in [0.15, 0.2) is 61.2 Å². The highest BCUT2D eigenvalue weighted by Crippen LogP contribution is 2.43. The maximum Gasteiger partial charge on any atom is 0.136 e. The van der Waals surface area contributed by atoms with E-state index in [4.69, 9.17) is 4.74 Å². The molecule has 2 heteroatoms. The number of rotatable bonds is 2. The van der Waals surface area contributed by atoms with Crippen LogP contribution in [-0.2, 0) is 4.74 Å². The largest absolute Gasteiger partial charge is 0.495 e. The maximum absolute atomic E-state index is 5.69. The van der Waals surface area contributed by atoms with Crippen molar-refractivity contribution in [2.24, 2.45) is 0 Å². The molecule has 0 saturated carbocycles. The molecule has 0 N–H and O–H groups in total. The highest BCUT2D eigenvalue weighted by Gasteiger charge is 2.23. The highest BCUT2D eigenvalue weighted by atomic mass is 16.5. The van der Waals surface area contributed by atoms with Gasteiger partial charge in [-0.2, -0.15) is 0 Å². The van der Waals surface area contributed by atoms with Crippen molar-refractivity contribution < 1.29 is 4.74 Å². The molecule has 1 aliphatic heterocycles. The number of hydrogen-bond acceptors (Lipinski definition) is 2. The summed E-state index contributed by atoms with van der Waals surface area (Å²) in [6.07, 6.45) is 1.87. The molecule has 100 valence electrons. The van der Waals surface area contributed by atoms with Crippen molar-refractivity contribution in [2.45, 2.75) is 0 Å². The molecule has 0 atom stereocenters. The number of methoxy groups -OCH3 is 1. The Morgan fingerprint density at radius 1 is 0.950 bits per heavy atom. The lowest BCUT2D eigenvalue weighted by molar-refractivity contribution is 0.372. The van der Waals surface area contributed by atoms with Gasteiger partial charge in [0, 0.05) is 29.4 Å². The van der Waals surface area contributed by atoms with Crippen LogP contribution in [0, 0.1) is 0 Å². The number of ether oxygens (including phenoxy) is 1. The van der Waals surface area contributed by atoms with E-state index in [0.29, 0.717) is 0 Å². The average Bonchev–Trinajstić information content (AvgIpc) is 2.61. The summed E-state index contributed by atoms with van der Waals surface area (Å²) in [5.41, 5.74) is 5.54. The average molecular weight is 263 g/mol. The monoisotopic (exact) mass is 263 g/mol. The summed E-state index contributed by atoms with van der Waals surface area (Å²) >= 11 is 0. The van der Waals surface area contributed by atoms with Gasteiger partial charge in [0.1, 0.15) is 5.76 Å². The fourth-order valence-electron chi connectivity index (χ4n) is 2.77. The van der Waals surface area contributed by atoms with E-state index in [1.165, 1.54) is 0 Å². The van der Waals surface area contributed by atoms with Gasteiger partial charge in [-0.25, -0.2) is 0 Å². The third-order valence-electron chi connectivity index (χ3n) is 3.72. The van der Waals surface area contributed by atoms with Crippen molar-refractivity contribution in [1.82, 2.24) is 0 Å². The zero-order valence-corrected chi connectivity index (χ0v) is 11.8. The minimum Gasteiger partial charge on any atom is -0.495 e. The third kappa shape index (κ3) is 1.73. The van der Waals surface area contributed by atoms with Gasteiger partial charge in [-0.15, -0.1) is 0 Å². The number of anilines is 2. The van der Waals surface area contributed by atoms with Gasteiger partial charge in [0.25, 0.3) is 0 Å². The Labute approximate surface area is 119 Å². The summed E-state index contributed by atoms with van der Waals surface area (Å²) in [5, 5.41) is 0. The second-order valence-corrected chi connectivity index (χ2v) is 4.74. The Morgan fingerprint density at radius 2 is 1.50 bits per heavy atom. The quantitative estimate of drug-likeness (QED) is 0.792. The van der Waals surface area contributed by atoms with E-state index in [0.717, 1.165) is 33.8 Å². The molecule has 0 radical (unpaired) electrons. The van der Waals surface area contributed by atoms with E-state index in [2.05, 4.69) is 48.9 Å². The molecular weight excluding hydrogens is 246 g/mol. The second-order valence-electron chi connectivity index (χ2n) is 4.74. The Balaban J connectivity index is 2.43. The molecule has 3 rings (SSSR count). The highest BCUT2D eigenvalue weighted by molar-refractivity contribution is 6.02. The predicted molar refractivity (Wildman–Crippen MR) is 85.0 cm³/mol. The summed E-state index contributed by atoms with van der Waals surface area (Å²) in [7, 11) is 3.79. The van der Waals surface area contributed by atoms with Crippen molar-refractivity contribution in [3.8, 4) is 0 Å². The van der Waals surface area contributed by atoms with Crippen LogP contribution in [-0.4, -0.2) is 14.2 Å². The smallest absolute Gasteiger partial charge is 0.136 e. The minimum atomic E-state index is 0.868. The van der Waals surface area contributed by atoms with Crippen LogP contribution in [0.5, 0.6) is 0 Å². The van der Waals surface area contributed by atoms with Gasteiger partial charge in [-0.3, -0.25) is 0 Å². The van der Waals surface area contributed by atoms with Crippen LogP contribution in [0.25, 0.3) is 11.3 Å². The first-order valence-corrected chi connectivity index (χ1v) is 6.61. The van der Waals surface area contributed by atoms with E-state index in [-0.39, 0.29) is 0 Å². The number of para-hydroxylation sites is 2. The van der Waals surface area contributed by atoms with Crippen LogP contribution >= 0.6 is 0 Å². The molecule has 0 amide bonds. The number of fused-ring (bicyclic) bond motifs is 2. The summed E-state index contributed by atoms with van der Waals surface area (Å²) in [5.74, 6) is 0.868. The molecule has 0 aliphatic carbocycles. The molecule has 20 heavy (non-hydrogen) atoms. The maximum atomic E-state index is 5.69. The van der Waals surface area contributed by atoms with Crippen LogP contribution in [0.2, 0.25) is 0 Å². The first kappa shape index (κ1) is 12.5. The van der Waals surface area contributed by atoms with Gasteiger partial charge < -0.3 is 9.64 Å².